The summed E-state index contributed by atoms with van der Waals surface area (Å²) in [7, 11) is 0. The molecule has 2 aliphatic rings. The first-order chi connectivity index (χ1) is 28.0. The van der Waals surface area contributed by atoms with Crippen molar-refractivity contribution in [3.63, 3.8) is 0 Å². The Hall–Kier alpha value is -3.52. The molecule has 2 aliphatic heterocycles. The molecular weight excluding hydrogens is 811 g/mol. The molecule has 5 heteroatoms. The van der Waals surface area contributed by atoms with E-state index in [9.17, 15) is 0 Å². The van der Waals surface area contributed by atoms with Gasteiger partial charge in [0.25, 0.3) is 0 Å². The first-order valence-electron chi connectivity index (χ1n) is 22.9. The van der Waals surface area contributed by atoms with Crippen molar-refractivity contribution >= 4 is 31.2 Å². The van der Waals surface area contributed by atoms with E-state index in [1.807, 2.05) is 0 Å². The van der Waals surface area contributed by atoms with Crippen LogP contribution in [0.5, 0.6) is 0 Å². The normalized spacial score (nSPS) is 15.3. The van der Waals surface area contributed by atoms with Gasteiger partial charge in [-0.25, -0.2) is 0 Å². The van der Waals surface area contributed by atoms with Crippen molar-refractivity contribution in [1.29, 1.82) is 0 Å². The summed E-state index contributed by atoms with van der Waals surface area (Å²) in [6.07, 6.45) is 0. The average molecular weight is 888 g/mol. The van der Waals surface area contributed by atoms with Crippen molar-refractivity contribution in [1.82, 2.24) is 0 Å². The zero-order valence-electron chi connectivity index (χ0n) is 39.5. The third-order valence-electron chi connectivity index (χ3n) is 12.5. The van der Waals surface area contributed by atoms with E-state index in [0.29, 0.717) is 47.3 Å². The van der Waals surface area contributed by atoms with E-state index in [4.69, 9.17) is 0 Å². The molecule has 2 fully saturated rings. The molecule has 2 saturated heterocycles. The molecule has 0 atom stereocenters. The molecule has 0 saturated carbocycles. The quantitative estimate of drug-likeness (QED) is 0.131. The molecule has 4 aromatic carbocycles. The van der Waals surface area contributed by atoms with Gasteiger partial charge in [-0.15, -0.1) is 0 Å². The second kappa shape index (κ2) is 18.6. The van der Waals surface area contributed by atoms with Crippen LogP contribution in [0.4, 0.5) is 22.7 Å². The van der Waals surface area contributed by atoms with Gasteiger partial charge in [-0.2, -0.15) is 0 Å². The molecule has 2 heterocycles. The fourth-order valence-electron chi connectivity index (χ4n) is 9.35. The van der Waals surface area contributed by atoms with Crippen molar-refractivity contribution in [2.24, 2.45) is 0 Å². The van der Waals surface area contributed by atoms with E-state index in [0.717, 1.165) is 26.2 Å². The van der Waals surface area contributed by atoms with E-state index in [1.54, 1.807) is 0 Å². The van der Waals surface area contributed by atoms with Gasteiger partial charge in [-0.1, -0.05) is 0 Å². The van der Waals surface area contributed by atoms with Gasteiger partial charge in [0.1, 0.15) is 0 Å². The van der Waals surface area contributed by atoms with Crippen LogP contribution in [0.2, 0.25) is 0 Å². The van der Waals surface area contributed by atoms with Crippen LogP contribution in [0.1, 0.15) is 203 Å². The van der Waals surface area contributed by atoms with Gasteiger partial charge in [0.15, 0.2) is 0 Å². The van der Waals surface area contributed by atoms with E-state index in [-0.39, 0.29) is 17.1 Å². The Morgan fingerprint density at radius 3 is 0.576 bits per heavy atom. The molecule has 0 spiro atoms. The Labute approximate surface area is 367 Å². The Balaban J connectivity index is 1.83. The summed E-state index contributed by atoms with van der Waals surface area (Å²) in [6, 6.07) is 28.5. The van der Waals surface area contributed by atoms with Crippen LogP contribution in [0.3, 0.4) is 0 Å². The summed E-state index contributed by atoms with van der Waals surface area (Å²) in [5, 5.41) is 0. The summed E-state index contributed by atoms with van der Waals surface area (Å²) in [6.45, 7) is 42.0. The van der Waals surface area contributed by atoms with Gasteiger partial charge in [-0.05, 0) is 0 Å². The Kier molecular flexibility index (Phi) is 14.2. The first kappa shape index (κ1) is 45.0. The van der Waals surface area contributed by atoms with E-state index >= 15 is 0 Å². The molecule has 59 heavy (non-hydrogen) atoms. The fourth-order valence-corrected chi connectivity index (χ4v) is 11.9. The molecule has 4 nitrogen and oxygen atoms in total. The van der Waals surface area contributed by atoms with Gasteiger partial charge in [0.2, 0.25) is 0 Å². The number of benzene rings is 4. The number of hydrogen-bond acceptors (Lipinski definition) is 4. The molecule has 4 aromatic rings. The van der Waals surface area contributed by atoms with Crippen LogP contribution < -0.4 is 19.6 Å². The minimum atomic E-state index is 0.0979. The molecule has 0 aromatic heterocycles. The Morgan fingerprint density at radius 2 is 0.441 bits per heavy atom. The van der Waals surface area contributed by atoms with Crippen molar-refractivity contribution in [2.75, 3.05) is 45.8 Å². The summed E-state index contributed by atoms with van der Waals surface area (Å²) >= 11 is 0.0979. The Bertz CT molecular complexity index is 1780. The van der Waals surface area contributed by atoms with Gasteiger partial charge in [0.05, 0.1) is 0 Å². The SMILES string of the molecule is CC(C)c1cccc(C(C)C)c1N1CCN(c2c(C(C)C)cccc2C(C)C)[C]1=[Pd]=[C]1N(c2c(C(C)C)cccc2C(C)C)CCN1c1c(C(C)C)cccc1C(C)C. The zero-order valence-corrected chi connectivity index (χ0v) is 41.0. The van der Waals surface area contributed by atoms with Gasteiger partial charge in [-0.3, -0.25) is 0 Å². The molecule has 0 unspecified atom stereocenters. The predicted octanol–water partition coefficient (Wildman–Crippen LogP) is 14.3. The third-order valence-corrected chi connectivity index (χ3v) is 14.9. The minimum absolute atomic E-state index is 0.0979. The van der Waals surface area contributed by atoms with Crippen LogP contribution >= 0.6 is 0 Å². The molecule has 6 rings (SSSR count). The molecular formula is C54H76N4Pd. The summed E-state index contributed by atoms with van der Waals surface area (Å²) < 4.78 is 2.91. The summed E-state index contributed by atoms with van der Waals surface area (Å²) in [5.41, 5.74) is 17.4. The van der Waals surface area contributed by atoms with Crippen molar-refractivity contribution in [3.05, 3.63) is 117 Å². The number of rotatable bonds is 12. The van der Waals surface area contributed by atoms with E-state index in [2.05, 4.69) is 203 Å². The number of para-hydroxylation sites is 4. The standard InChI is InChI=1S/2C27H38N2.Pd/c2*1-18(2)22-11-9-12-23(19(3)4)26(22)28-15-16-29(17-28)27-24(20(5)6)13-10-14-25(27)21(7)8;/h2*9-14,18-21H,15-16H2,1-8H3;. The van der Waals surface area contributed by atoms with Crippen LogP contribution in [0.15, 0.2) is 72.8 Å². The van der Waals surface area contributed by atoms with Crippen molar-refractivity contribution in [2.45, 2.75) is 158 Å². The summed E-state index contributed by atoms with van der Waals surface area (Å²) in [5.74, 6) is 3.25. The van der Waals surface area contributed by atoms with E-state index in [1.165, 1.54) is 75.7 Å². The van der Waals surface area contributed by atoms with Gasteiger partial charge >= 0.3 is 369 Å². The molecule has 0 bridgehead atoms. The topological polar surface area (TPSA) is 13.0 Å². The molecule has 0 amide bonds. The molecule has 0 radical (unpaired) electrons. The second-order valence-electron chi connectivity index (χ2n) is 19.5. The second-order valence-corrected chi connectivity index (χ2v) is 21.3. The summed E-state index contributed by atoms with van der Waals surface area (Å²) in [4.78, 5) is 11.2. The van der Waals surface area contributed by atoms with Crippen LogP contribution in [-0.2, 0) is 17.1 Å². The number of anilines is 4. The van der Waals surface area contributed by atoms with Gasteiger partial charge < -0.3 is 0 Å². The van der Waals surface area contributed by atoms with Crippen LogP contribution in [-0.4, -0.2) is 34.6 Å². The monoisotopic (exact) mass is 887 g/mol. The molecule has 0 aliphatic carbocycles. The maximum absolute atomic E-state index is 2.80. The first-order valence-corrected chi connectivity index (χ1v) is 24.4. The van der Waals surface area contributed by atoms with E-state index < -0.39 is 0 Å². The number of hydrogen-bond donors (Lipinski definition) is 0. The van der Waals surface area contributed by atoms with Crippen LogP contribution in [0.25, 0.3) is 0 Å². The number of nitrogens with zero attached hydrogens (tertiary/aromatic N) is 4. The maximum atomic E-state index is 2.80. The predicted molar refractivity (Wildman–Crippen MR) is 258 cm³/mol. The Morgan fingerprint density at radius 1 is 0.288 bits per heavy atom. The van der Waals surface area contributed by atoms with Gasteiger partial charge in [0, 0.05) is 0 Å². The third kappa shape index (κ3) is 8.81. The van der Waals surface area contributed by atoms with Crippen LogP contribution in [0, 0.1) is 0 Å². The molecule has 322 valence electrons. The zero-order chi connectivity index (χ0) is 43.0. The fraction of sp³-hybridized carbons (Fsp3) is 0.519. The van der Waals surface area contributed by atoms with Crippen molar-refractivity contribution in [3.8, 4) is 0 Å². The average Bonchev–Trinajstić information content (AvgIpc) is 3.80. The van der Waals surface area contributed by atoms with Crippen molar-refractivity contribution < 1.29 is 17.1 Å². The molecule has 0 N–H and O–H groups in total.